The fourth-order valence-electron chi connectivity index (χ4n) is 4.17. The molecule has 0 fully saturated rings. The van der Waals surface area contributed by atoms with E-state index in [1.807, 2.05) is 52.0 Å². The van der Waals surface area contributed by atoms with Crippen molar-refractivity contribution in [2.75, 3.05) is 25.2 Å². The van der Waals surface area contributed by atoms with Gasteiger partial charge in [0.1, 0.15) is 13.4 Å². The third-order valence-corrected chi connectivity index (χ3v) is 6.46. The van der Waals surface area contributed by atoms with Crippen molar-refractivity contribution in [1.29, 1.82) is 0 Å². The number of carbonyl (C=O) groups is 2. The Balaban J connectivity index is 2.69. The number of anilines is 1. The molecule has 0 saturated heterocycles. The van der Waals surface area contributed by atoms with Gasteiger partial charge in [-0.1, -0.05) is 44.1 Å². The normalized spacial score (nSPS) is 20.4. The molecule has 10 nitrogen and oxygen atoms in total. The van der Waals surface area contributed by atoms with Gasteiger partial charge in [0.05, 0.1) is 18.6 Å². The van der Waals surface area contributed by atoms with Gasteiger partial charge in [-0.15, -0.1) is 0 Å². The number of carbonyl (C=O) groups excluding carboxylic acids is 2. The van der Waals surface area contributed by atoms with Gasteiger partial charge < -0.3 is 15.3 Å². The van der Waals surface area contributed by atoms with Gasteiger partial charge in [0.15, 0.2) is 0 Å². The number of urea groups is 1. The summed E-state index contributed by atoms with van der Waals surface area (Å²) in [4.78, 5) is 29.2. The molecular weight excluding hydrogens is 508 g/mol. The van der Waals surface area contributed by atoms with Crippen molar-refractivity contribution in [3.05, 3.63) is 71.1 Å². The SMILES string of the molecule is CO/N=C/c1cc(NS(C)(=O)=O)ccc1/C=C/C1(C)C=C(N(/C=C\C=O)C(N)=O)C=C(C(C)(C)C)C1OC. The standard InChI is InChI=1S/C27H36N4O6S/c1-26(2,3)23-16-22(31(25(28)33)13-8-14-32)17-27(4,24(23)36-5)12-11-19-9-10-21(30-38(7,34)35)15-20(19)18-29-37-6/h8-18,24,30H,1-7H3,(H2,28,33)/b12-11+,13-8-,29-18+. The van der Waals surface area contributed by atoms with Crippen molar-refractivity contribution in [2.45, 2.75) is 33.8 Å². The number of nitrogens with two attached hydrogens (primary N) is 1. The number of amides is 2. The van der Waals surface area contributed by atoms with Gasteiger partial charge in [0, 0.05) is 35.7 Å². The van der Waals surface area contributed by atoms with E-state index in [4.69, 9.17) is 15.3 Å². The molecule has 2 atom stereocenters. The lowest BCUT2D eigenvalue weighted by Gasteiger charge is -2.43. The fraction of sp³-hybridized carbons (Fsp3) is 0.370. The molecule has 1 aliphatic rings. The zero-order valence-electron chi connectivity index (χ0n) is 22.8. The van der Waals surface area contributed by atoms with E-state index in [9.17, 15) is 18.0 Å². The molecule has 2 amide bonds. The second-order valence-electron chi connectivity index (χ2n) is 10.1. The van der Waals surface area contributed by atoms with Crippen LogP contribution >= 0.6 is 0 Å². The number of sulfonamides is 1. The van der Waals surface area contributed by atoms with Crippen molar-refractivity contribution in [1.82, 2.24) is 4.90 Å². The first-order valence-corrected chi connectivity index (χ1v) is 13.6. The Morgan fingerprint density at radius 2 is 1.92 bits per heavy atom. The molecule has 1 aromatic carbocycles. The number of nitrogens with zero attached hydrogens (tertiary/aromatic N) is 2. The van der Waals surface area contributed by atoms with Crippen LogP contribution in [0.3, 0.4) is 0 Å². The van der Waals surface area contributed by atoms with E-state index in [1.165, 1.54) is 30.5 Å². The van der Waals surface area contributed by atoms with Crippen LogP contribution < -0.4 is 10.5 Å². The number of hydrogen-bond donors (Lipinski definition) is 2. The number of oxime groups is 1. The summed E-state index contributed by atoms with van der Waals surface area (Å²) >= 11 is 0. The average molecular weight is 545 g/mol. The van der Waals surface area contributed by atoms with Crippen LogP contribution in [-0.2, 0) is 24.4 Å². The van der Waals surface area contributed by atoms with Gasteiger partial charge in [-0.25, -0.2) is 13.2 Å². The van der Waals surface area contributed by atoms with Crippen molar-refractivity contribution >= 4 is 40.3 Å². The Labute approximate surface area is 224 Å². The first-order valence-electron chi connectivity index (χ1n) is 11.7. The van der Waals surface area contributed by atoms with Crippen LogP contribution in [-0.4, -0.2) is 58.4 Å². The number of benzene rings is 1. The topological polar surface area (TPSA) is 140 Å². The molecule has 1 aromatic rings. The van der Waals surface area contributed by atoms with Crippen LogP contribution in [0.4, 0.5) is 10.5 Å². The lowest BCUT2D eigenvalue weighted by atomic mass is 9.68. The van der Waals surface area contributed by atoms with Gasteiger partial charge in [-0.2, -0.15) is 0 Å². The lowest BCUT2D eigenvalue weighted by molar-refractivity contribution is -0.104. The van der Waals surface area contributed by atoms with Crippen molar-refractivity contribution < 1.29 is 27.6 Å². The summed E-state index contributed by atoms with van der Waals surface area (Å²) in [6, 6.07) is 4.29. The molecule has 11 heteroatoms. The van der Waals surface area contributed by atoms with Gasteiger partial charge in [0.2, 0.25) is 10.0 Å². The number of hydrogen-bond acceptors (Lipinski definition) is 7. The first kappa shape index (κ1) is 30.5. The summed E-state index contributed by atoms with van der Waals surface area (Å²) in [5, 5.41) is 3.84. The van der Waals surface area contributed by atoms with Gasteiger partial charge in [-0.3, -0.25) is 14.4 Å². The molecule has 0 aromatic heterocycles. The van der Waals surface area contributed by atoms with Gasteiger partial charge in [0.25, 0.3) is 0 Å². The Morgan fingerprint density at radius 1 is 1.24 bits per heavy atom. The third kappa shape index (κ3) is 7.90. The highest BCUT2D eigenvalue weighted by Crippen LogP contribution is 2.45. The molecule has 2 rings (SSSR count). The Hall–Kier alpha value is -3.70. The minimum Gasteiger partial charge on any atom is -0.399 e. The monoisotopic (exact) mass is 544 g/mol. The highest BCUT2D eigenvalue weighted by molar-refractivity contribution is 7.92. The lowest BCUT2D eigenvalue weighted by Crippen LogP contribution is -2.42. The Bertz CT molecular complexity index is 1310. The van der Waals surface area contributed by atoms with E-state index >= 15 is 0 Å². The number of nitrogens with one attached hydrogen (secondary N) is 1. The maximum atomic E-state index is 12.3. The number of aldehydes is 1. The molecule has 0 spiro atoms. The predicted octanol–water partition coefficient (Wildman–Crippen LogP) is 4.04. The van der Waals surface area contributed by atoms with Crippen molar-refractivity contribution in [2.24, 2.45) is 21.7 Å². The first-order chi connectivity index (χ1) is 17.6. The molecule has 0 saturated carbocycles. The minimum atomic E-state index is -3.47. The summed E-state index contributed by atoms with van der Waals surface area (Å²) in [6.07, 6.45) is 12.7. The molecule has 0 bridgehead atoms. The minimum absolute atomic E-state index is 0.331. The summed E-state index contributed by atoms with van der Waals surface area (Å²) in [5.41, 5.74) is 7.67. The zero-order valence-corrected chi connectivity index (χ0v) is 23.6. The molecule has 0 aliphatic heterocycles. The van der Waals surface area contributed by atoms with Crippen LogP contribution in [0.2, 0.25) is 0 Å². The molecular formula is C27H36N4O6S. The Morgan fingerprint density at radius 3 is 2.45 bits per heavy atom. The second-order valence-corrected chi connectivity index (χ2v) is 11.8. The van der Waals surface area contributed by atoms with E-state index in [-0.39, 0.29) is 5.41 Å². The molecule has 0 radical (unpaired) electrons. The summed E-state index contributed by atoms with van der Waals surface area (Å²) in [6.45, 7) is 8.09. The fourth-order valence-corrected chi connectivity index (χ4v) is 4.73. The Kier molecular flexibility index (Phi) is 9.82. The summed E-state index contributed by atoms with van der Waals surface area (Å²) in [7, 11) is -0.439. The summed E-state index contributed by atoms with van der Waals surface area (Å²) < 4.78 is 31.8. The van der Waals surface area contributed by atoms with Crippen LogP contribution in [0.1, 0.15) is 38.8 Å². The number of methoxy groups -OCH3 is 1. The molecule has 3 N–H and O–H groups in total. The average Bonchev–Trinajstić information content (AvgIpc) is 2.80. The molecule has 206 valence electrons. The van der Waals surface area contributed by atoms with Crippen LogP contribution in [0.5, 0.6) is 0 Å². The number of allylic oxidation sites excluding steroid dienone is 2. The largest absolute Gasteiger partial charge is 0.399 e. The van der Waals surface area contributed by atoms with Crippen LogP contribution in [0.25, 0.3) is 6.08 Å². The predicted molar refractivity (Wildman–Crippen MR) is 150 cm³/mol. The van der Waals surface area contributed by atoms with Crippen LogP contribution in [0, 0.1) is 10.8 Å². The zero-order chi connectivity index (χ0) is 28.7. The van der Waals surface area contributed by atoms with Crippen LogP contribution in [0.15, 0.2) is 65.1 Å². The van der Waals surface area contributed by atoms with Crippen molar-refractivity contribution in [3.63, 3.8) is 0 Å². The van der Waals surface area contributed by atoms with E-state index < -0.39 is 27.6 Å². The van der Waals surface area contributed by atoms with Gasteiger partial charge >= 0.3 is 6.03 Å². The molecule has 1 aliphatic carbocycles. The maximum Gasteiger partial charge on any atom is 0.323 e. The number of primary amides is 1. The van der Waals surface area contributed by atoms with E-state index in [1.54, 1.807) is 25.3 Å². The maximum absolute atomic E-state index is 12.3. The molecule has 2 unspecified atom stereocenters. The highest BCUT2D eigenvalue weighted by Gasteiger charge is 2.41. The van der Waals surface area contributed by atoms with E-state index in [0.717, 1.165) is 17.4 Å². The highest BCUT2D eigenvalue weighted by atomic mass is 32.2. The summed E-state index contributed by atoms with van der Waals surface area (Å²) in [5.74, 6) is 0. The van der Waals surface area contributed by atoms with E-state index in [0.29, 0.717) is 23.2 Å². The molecule has 38 heavy (non-hydrogen) atoms. The number of rotatable bonds is 10. The van der Waals surface area contributed by atoms with E-state index in [2.05, 4.69) is 9.88 Å². The number of ether oxygens (including phenoxy) is 1. The smallest absolute Gasteiger partial charge is 0.323 e. The molecule has 0 heterocycles. The second kappa shape index (κ2) is 12.2. The van der Waals surface area contributed by atoms with Crippen molar-refractivity contribution in [3.8, 4) is 0 Å². The third-order valence-electron chi connectivity index (χ3n) is 5.85. The van der Waals surface area contributed by atoms with Gasteiger partial charge in [-0.05, 0) is 53.8 Å². The quantitative estimate of drug-likeness (QED) is 0.197.